The summed E-state index contributed by atoms with van der Waals surface area (Å²) in [7, 11) is 0.659. The molecule has 0 spiro atoms. The number of fused-ring (bicyclic) bond motifs is 6. The van der Waals surface area contributed by atoms with Crippen molar-refractivity contribution in [2.45, 2.75) is 122 Å². The number of aromatic nitrogens is 2. The molecular formula is C45H55FN4O7Si. The van der Waals surface area contributed by atoms with Gasteiger partial charge in [0, 0.05) is 36.7 Å². The summed E-state index contributed by atoms with van der Waals surface area (Å²) in [6, 6.07) is 8.08. The van der Waals surface area contributed by atoms with Crippen molar-refractivity contribution < 1.29 is 38.0 Å². The second kappa shape index (κ2) is 16.0. The molecule has 1 amide bonds. The van der Waals surface area contributed by atoms with E-state index in [-0.39, 0.29) is 37.3 Å². The molecule has 2 bridgehead atoms. The number of carbonyl (C=O) groups is 2. The summed E-state index contributed by atoms with van der Waals surface area (Å²) in [5.74, 6) is 4.19. The second-order valence-electron chi connectivity index (χ2n) is 17.0. The van der Waals surface area contributed by atoms with E-state index in [0.29, 0.717) is 86.7 Å². The topological polar surface area (TPSA) is 124 Å². The Kier molecular flexibility index (Phi) is 11.4. The number of ether oxygens (including phenoxy) is 4. The van der Waals surface area contributed by atoms with Crippen molar-refractivity contribution in [1.29, 1.82) is 0 Å². The van der Waals surface area contributed by atoms with Crippen LogP contribution in [0.15, 0.2) is 30.3 Å². The van der Waals surface area contributed by atoms with Gasteiger partial charge in [-0.2, -0.15) is 0 Å². The zero-order valence-electron chi connectivity index (χ0n) is 35.2. The number of piperazine rings is 1. The number of aryl methyl sites for hydroxylation is 2. The summed E-state index contributed by atoms with van der Waals surface area (Å²) < 4.78 is 39.6. The van der Waals surface area contributed by atoms with E-state index in [4.69, 9.17) is 28.9 Å². The number of amides is 1. The van der Waals surface area contributed by atoms with Crippen LogP contribution in [0.4, 0.5) is 15.0 Å². The number of esters is 1. The monoisotopic (exact) mass is 810 g/mol. The number of nitrogens with zero attached hydrogens (tertiary/aromatic N) is 4. The van der Waals surface area contributed by atoms with Gasteiger partial charge >= 0.3 is 12.1 Å². The lowest BCUT2D eigenvalue weighted by molar-refractivity contribution is -0.140. The van der Waals surface area contributed by atoms with E-state index >= 15 is 4.39 Å². The Morgan fingerprint density at radius 2 is 1.76 bits per heavy atom. The van der Waals surface area contributed by atoms with Gasteiger partial charge < -0.3 is 29.0 Å². The highest BCUT2D eigenvalue weighted by molar-refractivity contribution is 6.90. The van der Waals surface area contributed by atoms with Gasteiger partial charge in [0.25, 0.3) is 0 Å². The first-order valence-corrected chi connectivity index (χ1v) is 22.6. The smallest absolute Gasteiger partial charge is 0.407 e. The van der Waals surface area contributed by atoms with Crippen molar-refractivity contribution in [2.75, 3.05) is 32.5 Å². The second-order valence-corrected chi connectivity index (χ2v) is 22.5. The fourth-order valence-electron chi connectivity index (χ4n) is 10.3. The third kappa shape index (κ3) is 6.91. The summed E-state index contributed by atoms with van der Waals surface area (Å²) in [5, 5.41) is 13.2. The molecule has 7 rings (SSSR count). The van der Waals surface area contributed by atoms with E-state index in [0.717, 1.165) is 22.8 Å². The maximum absolute atomic E-state index is 16.4. The van der Waals surface area contributed by atoms with Crippen molar-refractivity contribution in [3.8, 4) is 34.4 Å². The van der Waals surface area contributed by atoms with Crippen LogP contribution in [0.25, 0.3) is 32.8 Å². The number of hydrogen-bond donors (Lipinski definition) is 1. The van der Waals surface area contributed by atoms with E-state index in [1.807, 2.05) is 32.0 Å². The number of carboxylic acid groups (broad SMARTS) is 1. The van der Waals surface area contributed by atoms with Crippen LogP contribution in [-0.2, 0) is 20.7 Å². The molecule has 2 aromatic heterocycles. The highest BCUT2D eigenvalue weighted by Gasteiger charge is 2.53. The summed E-state index contributed by atoms with van der Waals surface area (Å²) in [6.07, 6.45) is 0.501. The lowest BCUT2D eigenvalue weighted by Crippen LogP contribution is -2.64. The molecule has 58 heavy (non-hydrogen) atoms. The van der Waals surface area contributed by atoms with E-state index < -0.39 is 26.1 Å². The van der Waals surface area contributed by atoms with Crippen molar-refractivity contribution in [2.24, 2.45) is 0 Å². The molecule has 4 atom stereocenters. The van der Waals surface area contributed by atoms with E-state index in [9.17, 15) is 14.7 Å². The molecule has 4 unspecified atom stereocenters. The fraction of sp³-hybridized carbons (Fsp3) is 0.511. The molecule has 4 aromatic rings. The lowest BCUT2D eigenvalue weighted by atomic mass is 9.94. The SMILES string of the molecule is COCOc1cc(-c2cc3c(C)c(CCC(=O)OC)nc4c3c(n2)OC(C)C2C3CCC(CN42)N3C(=O)O)c2c(C#C[Si](C(C)C)(C(C)C)C(C)C)c(F)ccc2c1. The number of halogens is 1. The minimum Gasteiger partial charge on any atom is -0.472 e. The Morgan fingerprint density at radius 3 is 2.41 bits per heavy atom. The minimum atomic E-state index is -2.26. The molecule has 2 aromatic carbocycles. The highest BCUT2D eigenvalue weighted by atomic mass is 28.3. The zero-order chi connectivity index (χ0) is 41.8. The Morgan fingerprint density at radius 1 is 1.03 bits per heavy atom. The van der Waals surface area contributed by atoms with Crippen LogP contribution in [0.2, 0.25) is 16.6 Å². The molecule has 11 nitrogen and oxygen atoms in total. The van der Waals surface area contributed by atoms with Gasteiger partial charge in [-0.15, -0.1) is 5.54 Å². The average molecular weight is 811 g/mol. The van der Waals surface area contributed by atoms with Crippen molar-refractivity contribution in [3.05, 3.63) is 53.0 Å². The average Bonchev–Trinajstić information content (AvgIpc) is 3.43. The summed E-state index contributed by atoms with van der Waals surface area (Å²) in [6.45, 7) is 17.8. The highest BCUT2D eigenvalue weighted by Crippen LogP contribution is 2.48. The van der Waals surface area contributed by atoms with Crippen LogP contribution >= 0.6 is 0 Å². The molecule has 3 aliphatic rings. The Bertz CT molecular complexity index is 2320. The summed E-state index contributed by atoms with van der Waals surface area (Å²) in [5.41, 5.74) is 7.79. The minimum absolute atomic E-state index is 0.00551. The van der Waals surface area contributed by atoms with Gasteiger partial charge in [0.15, 0.2) is 6.79 Å². The summed E-state index contributed by atoms with van der Waals surface area (Å²) in [4.78, 5) is 39.3. The van der Waals surface area contributed by atoms with Gasteiger partial charge in [-0.05, 0) is 83.9 Å². The van der Waals surface area contributed by atoms with Crippen molar-refractivity contribution in [1.82, 2.24) is 14.9 Å². The molecule has 2 saturated heterocycles. The van der Waals surface area contributed by atoms with E-state index in [1.165, 1.54) is 13.2 Å². The molecular weight excluding hydrogens is 756 g/mol. The van der Waals surface area contributed by atoms with Crippen molar-refractivity contribution in [3.63, 3.8) is 0 Å². The van der Waals surface area contributed by atoms with Crippen LogP contribution < -0.4 is 14.4 Å². The Balaban J connectivity index is 1.52. The number of anilines is 1. The van der Waals surface area contributed by atoms with Gasteiger partial charge in [0.1, 0.15) is 31.6 Å². The maximum Gasteiger partial charge on any atom is 0.407 e. The maximum atomic E-state index is 16.4. The van der Waals surface area contributed by atoms with E-state index in [2.05, 4.69) is 57.9 Å². The first-order valence-electron chi connectivity index (χ1n) is 20.4. The van der Waals surface area contributed by atoms with E-state index in [1.54, 1.807) is 18.1 Å². The third-order valence-corrected chi connectivity index (χ3v) is 19.3. The normalized spacial score (nSPS) is 20.0. The lowest BCUT2D eigenvalue weighted by Gasteiger charge is -2.47. The number of methoxy groups -OCH3 is 2. The molecule has 3 aliphatic heterocycles. The van der Waals surface area contributed by atoms with Gasteiger partial charge in [0.05, 0.1) is 48.3 Å². The molecule has 0 radical (unpaired) electrons. The number of carbonyl (C=O) groups excluding carboxylic acids is 1. The molecule has 1 N–H and O–H groups in total. The van der Waals surface area contributed by atoms with Gasteiger partial charge in [-0.25, -0.2) is 19.2 Å². The molecule has 13 heteroatoms. The Hall–Kier alpha value is -4.93. The fourth-order valence-corrected chi connectivity index (χ4v) is 15.5. The van der Waals surface area contributed by atoms with Gasteiger partial charge in [-0.1, -0.05) is 53.5 Å². The van der Waals surface area contributed by atoms with Crippen LogP contribution in [0.5, 0.6) is 11.6 Å². The number of pyridine rings is 2. The molecule has 0 aliphatic carbocycles. The number of rotatable bonds is 10. The van der Waals surface area contributed by atoms with Gasteiger partial charge in [0.2, 0.25) is 5.88 Å². The Labute approximate surface area is 341 Å². The number of hydrogen-bond acceptors (Lipinski definition) is 9. The first kappa shape index (κ1) is 41.2. The first-order chi connectivity index (χ1) is 27.6. The number of benzene rings is 2. The largest absolute Gasteiger partial charge is 0.472 e. The van der Waals surface area contributed by atoms with Crippen LogP contribution in [0.1, 0.15) is 84.5 Å². The predicted molar refractivity (Wildman–Crippen MR) is 226 cm³/mol. The molecule has 5 heterocycles. The van der Waals surface area contributed by atoms with Crippen LogP contribution in [0.3, 0.4) is 0 Å². The summed E-state index contributed by atoms with van der Waals surface area (Å²) >= 11 is 0. The van der Waals surface area contributed by atoms with Gasteiger partial charge in [-0.3, -0.25) is 9.69 Å². The quantitative estimate of drug-likeness (QED) is 0.0719. The van der Waals surface area contributed by atoms with Crippen molar-refractivity contribution >= 4 is 47.5 Å². The predicted octanol–water partition coefficient (Wildman–Crippen LogP) is 9.04. The third-order valence-electron chi connectivity index (χ3n) is 13.0. The standard InChI is InChI=1S/C45H55FN4O7Si/c1-24(2)58(25(3)4,26(5)6)18-17-32-35(46)13-11-29-19-31(56-23-54-9)20-34(40(29)32)37-21-33-27(7)36(14-16-39(51)55-10)47-43-41(33)44(48-37)57-28(8)42-38-15-12-30(22-49(42)43)50(38)45(52)53/h11,13,19-21,24-26,28,30,38,42H,12,14-16,22-23H2,1-10H3,(H,52,53). The molecule has 0 saturated carbocycles. The molecule has 308 valence electrons. The zero-order valence-corrected chi connectivity index (χ0v) is 36.2. The van der Waals surface area contributed by atoms with Crippen LogP contribution in [-0.4, -0.2) is 91.9 Å². The molecule has 2 fully saturated rings. The van der Waals surface area contributed by atoms with Crippen LogP contribution in [0, 0.1) is 24.2 Å².